The third-order valence-corrected chi connectivity index (χ3v) is 0.978. The molecule has 0 N–H and O–H groups in total. The molecule has 0 spiro atoms. The lowest BCUT2D eigenvalue weighted by molar-refractivity contribution is 0.0592. The predicted octanol–water partition coefficient (Wildman–Crippen LogP) is 1.99. The van der Waals surface area contributed by atoms with Crippen molar-refractivity contribution in [3.05, 3.63) is 18.4 Å². The summed E-state index contributed by atoms with van der Waals surface area (Å²) in [5, 5.41) is 0. The number of rotatable bonds is 3. The lowest BCUT2D eigenvalue weighted by atomic mass is 10.7. The maximum atomic E-state index is 10.0. The molecule has 11 heavy (non-hydrogen) atoms. The van der Waals surface area contributed by atoms with Crippen molar-refractivity contribution >= 4 is 17.0 Å². The van der Waals surface area contributed by atoms with Gasteiger partial charge in [-0.05, 0) is 6.07 Å². The average molecular weight is 177 g/mol. The van der Waals surface area contributed by atoms with E-state index < -0.39 is 5.43 Å². The molecule has 5 heteroatoms. The molecule has 1 heterocycles. The average Bonchev–Trinajstić information content (AvgIpc) is 2.39. The fraction of sp³-hybridized carbons (Fsp3) is 0.167. The zero-order chi connectivity index (χ0) is 8.10. The molecule has 0 amide bonds. The van der Waals surface area contributed by atoms with Crippen LogP contribution in [0, 0.1) is 0 Å². The Hall–Kier alpha value is -1.16. The van der Waals surface area contributed by atoms with E-state index in [0.717, 1.165) is 0 Å². The van der Waals surface area contributed by atoms with E-state index in [9.17, 15) is 4.79 Å². The first-order chi connectivity index (χ1) is 5.29. The normalized spacial score (nSPS) is 9.18. The molecule has 1 rings (SSSR count). The lowest BCUT2D eigenvalue weighted by Crippen LogP contribution is -2.03. The zero-order valence-corrected chi connectivity index (χ0v) is 6.21. The van der Waals surface area contributed by atoms with E-state index in [2.05, 4.69) is 4.74 Å². The summed E-state index contributed by atoms with van der Waals surface area (Å²) in [4.78, 5) is 10.0. The Kier molecular flexibility index (Phi) is 2.80. The minimum absolute atomic E-state index is 0.240. The van der Waals surface area contributed by atoms with Crippen LogP contribution in [0.5, 0.6) is 5.95 Å². The van der Waals surface area contributed by atoms with Crippen molar-refractivity contribution in [2.45, 2.75) is 0 Å². The molecule has 0 radical (unpaired) electrons. The maximum Gasteiger partial charge on any atom is 0.406 e. The second kappa shape index (κ2) is 3.88. The summed E-state index contributed by atoms with van der Waals surface area (Å²) in [7, 11) is 0. The largest absolute Gasteiger partial charge is 0.434 e. The van der Waals surface area contributed by atoms with Crippen molar-refractivity contribution in [2.24, 2.45) is 0 Å². The Labute approximate surface area is 67.6 Å². The van der Waals surface area contributed by atoms with Gasteiger partial charge in [0.1, 0.15) is 0 Å². The van der Waals surface area contributed by atoms with Gasteiger partial charge in [0.25, 0.3) is 5.95 Å². The fourth-order valence-electron chi connectivity index (χ4n) is 0.479. The smallest absolute Gasteiger partial charge is 0.406 e. The number of hydrogen-bond donors (Lipinski definition) is 0. The first-order valence-electron chi connectivity index (χ1n) is 2.77. The predicted molar refractivity (Wildman–Crippen MR) is 36.5 cm³/mol. The van der Waals surface area contributed by atoms with Crippen molar-refractivity contribution < 1.29 is 18.7 Å². The van der Waals surface area contributed by atoms with Crippen LogP contribution in [0.15, 0.2) is 22.8 Å². The summed E-state index contributed by atoms with van der Waals surface area (Å²) in [5.74, 6) is 0.280. The van der Waals surface area contributed by atoms with Gasteiger partial charge < -0.3 is 13.9 Å². The molecule has 0 saturated heterocycles. The zero-order valence-electron chi connectivity index (χ0n) is 5.45. The van der Waals surface area contributed by atoms with Crippen LogP contribution in [0.4, 0.5) is 4.79 Å². The van der Waals surface area contributed by atoms with Crippen molar-refractivity contribution in [3.63, 3.8) is 0 Å². The van der Waals surface area contributed by atoms with Gasteiger partial charge in [0.15, 0.2) is 0 Å². The molecule has 0 aliphatic heterocycles. The lowest BCUT2D eigenvalue weighted by Gasteiger charge is -1.99. The first kappa shape index (κ1) is 7.94. The standard InChI is InChI=1S/C6H5ClO4/c7-6(8)11-4-10-5-2-1-3-9-5/h1-3H,4H2. The third kappa shape index (κ3) is 2.95. The number of carbonyl (C=O) groups is 1. The summed E-state index contributed by atoms with van der Waals surface area (Å²) in [6.45, 7) is -0.240. The third-order valence-electron chi connectivity index (χ3n) is 0.869. The number of carbonyl (C=O) groups excluding carboxylic acids is 1. The van der Waals surface area contributed by atoms with E-state index in [-0.39, 0.29) is 12.7 Å². The van der Waals surface area contributed by atoms with Crippen molar-refractivity contribution in [1.82, 2.24) is 0 Å². The van der Waals surface area contributed by atoms with Crippen LogP contribution in [0.3, 0.4) is 0 Å². The monoisotopic (exact) mass is 176 g/mol. The summed E-state index contributed by atoms with van der Waals surface area (Å²) < 4.78 is 13.8. The molecule has 4 nitrogen and oxygen atoms in total. The Morgan fingerprint density at radius 2 is 2.55 bits per heavy atom. The van der Waals surface area contributed by atoms with Gasteiger partial charge in [0.2, 0.25) is 6.79 Å². The van der Waals surface area contributed by atoms with Gasteiger partial charge in [-0.1, -0.05) is 0 Å². The minimum Gasteiger partial charge on any atom is -0.434 e. The van der Waals surface area contributed by atoms with Gasteiger partial charge in [-0.25, -0.2) is 4.79 Å². The second-order valence-electron chi connectivity index (χ2n) is 1.58. The van der Waals surface area contributed by atoms with Gasteiger partial charge in [-0.15, -0.1) is 0 Å². The number of hydrogen-bond acceptors (Lipinski definition) is 4. The highest BCUT2D eigenvalue weighted by molar-refractivity contribution is 6.61. The number of halogens is 1. The molecular formula is C6H5ClO4. The second-order valence-corrected chi connectivity index (χ2v) is 1.88. The Balaban J connectivity index is 2.19. The van der Waals surface area contributed by atoms with Crippen LogP contribution in [-0.4, -0.2) is 12.2 Å². The van der Waals surface area contributed by atoms with Gasteiger partial charge in [0.05, 0.1) is 6.26 Å². The molecule has 0 saturated carbocycles. The maximum absolute atomic E-state index is 10.0. The molecule has 1 aromatic heterocycles. The van der Waals surface area contributed by atoms with E-state index in [1.807, 2.05) is 0 Å². The van der Waals surface area contributed by atoms with Crippen molar-refractivity contribution in [1.29, 1.82) is 0 Å². The van der Waals surface area contributed by atoms with E-state index >= 15 is 0 Å². The molecule has 60 valence electrons. The van der Waals surface area contributed by atoms with Gasteiger partial charge in [0, 0.05) is 17.7 Å². The van der Waals surface area contributed by atoms with E-state index in [0.29, 0.717) is 0 Å². The molecule has 0 aliphatic rings. The molecule has 0 aromatic carbocycles. The SMILES string of the molecule is O=C(Cl)OCOc1ccco1. The number of ether oxygens (including phenoxy) is 2. The van der Waals surface area contributed by atoms with Crippen LogP contribution < -0.4 is 4.74 Å². The molecule has 0 fully saturated rings. The van der Waals surface area contributed by atoms with Crippen LogP contribution >= 0.6 is 11.6 Å². The molecule has 0 aliphatic carbocycles. The van der Waals surface area contributed by atoms with Gasteiger partial charge >= 0.3 is 5.43 Å². The summed E-state index contributed by atoms with van der Waals surface area (Å²) in [6.07, 6.45) is 1.44. The van der Waals surface area contributed by atoms with E-state index in [1.54, 1.807) is 12.1 Å². The molecule has 0 unspecified atom stereocenters. The highest BCUT2D eigenvalue weighted by Gasteiger charge is 1.97. The minimum atomic E-state index is -0.906. The Morgan fingerprint density at radius 3 is 3.09 bits per heavy atom. The topological polar surface area (TPSA) is 48.7 Å². The van der Waals surface area contributed by atoms with Crippen LogP contribution in [0.25, 0.3) is 0 Å². The molecule has 0 bridgehead atoms. The van der Waals surface area contributed by atoms with Crippen molar-refractivity contribution in [2.75, 3.05) is 6.79 Å². The Morgan fingerprint density at radius 1 is 1.73 bits per heavy atom. The summed E-state index contributed by atoms with van der Waals surface area (Å²) >= 11 is 4.85. The summed E-state index contributed by atoms with van der Waals surface area (Å²) in [6, 6.07) is 3.24. The van der Waals surface area contributed by atoms with E-state index in [4.69, 9.17) is 20.8 Å². The van der Waals surface area contributed by atoms with E-state index in [1.165, 1.54) is 6.26 Å². The fourth-order valence-corrected chi connectivity index (χ4v) is 0.524. The van der Waals surface area contributed by atoms with Gasteiger partial charge in [-0.3, -0.25) is 0 Å². The van der Waals surface area contributed by atoms with Crippen molar-refractivity contribution in [3.8, 4) is 5.95 Å². The first-order valence-corrected chi connectivity index (χ1v) is 3.15. The highest BCUT2D eigenvalue weighted by Crippen LogP contribution is 2.09. The highest BCUT2D eigenvalue weighted by atomic mass is 35.5. The Bertz CT molecular complexity index is 218. The molecule has 0 atom stereocenters. The quantitative estimate of drug-likeness (QED) is 0.522. The van der Waals surface area contributed by atoms with Crippen LogP contribution in [0.1, 0.15) is 0 Å². The summed E-state index contributed by atoms with van der Waals surface area (Å²) in [5.41, 5.74) is -0.906. The van der Waals surface area contributed by atoms with Gasteiger partial charge in [-0.2, -0.15) is 0 Å². The number of furan rings is 1. The van der Waals surface area contributed by atoms with Crippen LogP contribution in [0.2, 0.25) is 0 Å². The molecular weight excluding hydrogens is 172 g/mol. The molecule has 1 aromatic rings. The van der Waals surface area contributed by atoms with Crippen LogP contribution in [-0.2, 0) is 4.74 Å².